The van der Waals surface area contributed by atoms with Crippen LogP contribution in [0.25, 0.3) is 0 Å². The Morgan fingerprint density at radius 2 is 1.03 bits per heavy atom. The number of amides is 3. The predicted octanol–water partition coefficient (Wildman–Crippen LogP) is 8.65. The number of aryl methyl sites for hydroxylation is 2. The molecule has 0 aliphatic carbocycles. The van der Waals surface area contributed by atoms with Gasteiger partial charge in [0.1, 0.15) is 5.60 Å². The van der Waals surface area contributed by atoms with Gasteiger partial charge in [-0.2, -0.15) is 0 Å². The maximum Gasteiger partial charge on any atom is 0.408 e. The van der Waals surface area contributed by atoms with Crippen molar-refractivity contribution in [3.05, 3.63) is 166 Å². The van der Waals surface area contributed by atoms with E-state index in [1.165, 1.54) is 0 Å². The number of carbonyl (C=O) groups is 3. The zero-order valence-electron chi connectivity index (χ0n) is 37.5. The van der Waals surface area contributed by atoms with Gasteiger partial charge in [0, 0.05) is 24.2 Å². The lowest BCUT2D eigenvalue weighted by molar-refractivity contribution is 0.0599. The van der Waals surface area contributed by atoms with Crippen molar-refractivity contribution in [2.45, 2.75) is 80.2 Å². The molecule has 1 unspecified atom stereocenters. The largest absolute Gasteiger partial charge is 0.444 e. The molecule has 5 aromatic rings. The molecule has 0 saturated carbocycles. The summed E-state index contributed by atoms with van der Waals surface area (Å²) >= 11 is 0. The minimum atomic E-state index is -1.67. The molecule has 1 radical (unpaired) electrons. The molecule has 0 aliphatic heterocycles. The summed E-state index contributed by atoms with van der Waals surface area (Å²) in [5, 5.41) is 7.81. The van der Waals surface area contributed by atoms with E-state index in [-0.39, 0.29) is 24.7 Å². The van der Waals surface area contributed by atoms with Crippen molar-refractivity contribution >= 4 is 37.7 Å². The third kappa shape index (κ3) is 18.4. The summed E-state index contributed by atoms with van der Waals surface area (Å²) in [6.45, 7) is 16.3. The van der Waals surface area contributed by atoms with Crippen molar-refractivity contribution in [1.29, 1.82) is 0 Å². The van der Waals surface area contributed by atoms with Gasteiger partial charge in [0.25, 0.3) is 9.04 Å². The average molecular weight is 865 g/mol. The lowest BCUT2D eigenvalue weighted by Crippen LogP contribution is -2.47. The van der Waals surface area contributed by atoms with Gasteiger partial charge in [0.2, 0.25) is 0 Å². The first kappa shape index (κ1) is 48.9. The van der Waals surface area contributed by atoms with Gasteiger partial charge in [0.05, 0.1) is 6.10 Å². The topological polar surface area (TPSA) is 138 Å². The highest BCUT2D eigenvalue weighted by Gasteiger charge is 2.33. The van der Waals surface area contributed by atoms with Gasteiger partial charge in [-0.1, -0.05) is 165 Å². The smallest absolute Gasteiger partial charge is 0.408 e. The van der Waals surface area contributed by atoms with Crippen LogP contribution in [0.2, 0.25) is 0 Å². The zero-order valence-corrected chi connectivity index (χ0v) is 38.5. The first-order valence-corrected chi connectivity index (χ1v) is 22.0. The molecular formula is C52H58N3O7Si. The Bertz CT molecular complexity index is 2230. The Labute approximate surface area is 374 Å². The number of alkyl carbamates (subject to hydrolysis) is 2. The number of nitrogens with two attached hydrogens (primary N) is 1. The van der Waals surface area contributed by atoms with Crippen LogP contribution in [0.4, 0.5) is 14.4 Å². The fourth-order valence-corrected chi connectivity index (χ4v) is 8.26. The molecule has 3 amide bonds. The lowest BCUT2D eigenvalue weighted by Gasteiger charge is -2.34. The number of primary amides is 1. The Morgan fingerprint density at radius 1 is 0.619 bits per heavy atom. The summed E-state index contributed by atoms with van der Waals surface area (Å²) in [7, 11) is -1.67. The number of benzene rings is 5. The second kappa shape index (κ2) is 24.0. The molecule has 4 N–H and O–H groups in total. The van der Waals surface area contributed by atoms with E-state index >= 15 is 0 Å². The van der Waals surface area contributed by atoms with E-state index in [0.717, 1.165) is 38.2 Å². The van der Waals surface area contributed by atoms with E-state index in [1.54, 1.807) is 20.8 Å². The molecule has 0 fully saturated rings. The van der Waals surface area contributed by atoms with Crippen molar-refractivity contribution in [2.75, 3.05) is 13.2 Å². The van der Waals surface area contributed by atoms with Gasteiger partial charge in [-0.3, -0.25) is 0 Å². The molecule has 5 aromatic carbocycles. The molecule has 0 aliphatic rings. The zero-order chi connectivity index (χ0) is 45.8. The van der Waals surface area contributed by atoms with Gasteiger partial charge in [-0.05, 0) is 85.3 Å². The minimum Gasteiger partial charge on any atom is -0.444 e. The molecule has 63 heavy (non-hydrogen) atoms. The number of hydrogen-bond acceptors (Lipinski definition) is 7. The summed E-state index contributed by atoms with van der Waals surface area (Å²) in [6, 6.07) is 42.4. The Balaban J connectivity index is 0.000000990. The summed E-state index contributed by atoms with van der Waals surface area (Å²) in [5.74, 6) is 12.3. The van der Waals surface area contributed by atoms with Crippen LogP contribution in [0.15, 0.2) is 127 Å². The lowest BCUT2D eigenvalue weighted by atomic mass is 9.84. The number of carbonyl (C=O) groups excluding carboxylic acids is 3. The van der Waals surface area contributed by atoms with Crippen LogP contribution < -0.4 is 26.7 Å². The fourth-order valence-electron chi connectivity index (χ4n) is 5.94. The van der Waals surface area contributed by atoms with E-state index in [4.69, 9.17) is 19.6 Å². The van der Waals surface area contributed by atoms with E-state index in [0.29, 0.717) is 24.2 Å². The molecule has 5 rings (SSSR count). The van der Waals surface area contributed by atoms with Crippen molar-refractivity contribution in [1.82, 2.24) is 10.6 Å². The molecule has 0 heterocycles. The van der Waals surface area contributed by atoms with Crippen molar-refractivity contribution in [2.24, 2.45) is 11.1 Å². The van der Waals surface area contributed by atoms with Gasteiger partial charge in [-0.15, -0.1) is 0 Å². The predicted molar refractivity (Wildman–Crippen MR) is 251 cm³/mol. The van der Waals surface area contributed by atoms with Crippen LogP contribution in [0.5, 0.6) is 0 Å². The molecule has 0 bridgehead atoms. The van der Waals surface area contributed by atoms with Crippen LogP contribution >= 0.6 is 0 Å². The summed E-state index contributed by atoms with van der Waals surface area (Å²) in [5.41, 5.74) is 10.5. The maximum atomic E-state index is 12.4. The van der Waals surface area contributed by atoms with Crippen LogP contribution in [-0.2, 0) is 31.7 Å². The number of ether oxygens (including phenoxy) is 3. The van der Waals surface area contributed by atoms with Gasteiger partial charge in [0.15, 0.2) is 13.2 Å². The number of rotatable bonds is 11. The third-order valence-corrected chi connectivity index (χ3v) is 11.1. The van der Waals surface area contributed by atoms with Crippen LogP contribution in [-0.4, -0.2) is 46.1 Å². The fraction of sp³-hybridized carbons (Fsp3) is 0.288. The molecule has 0 spiro atoms. The van der Waals surface area contributed by atoms with Gasteiger partial charge >= 0.3 is 18.3 Å². The monoisotopic (exact) mass is 864 g/mol. The molecule has 1 atom stereocenters. The summed E-state index contributed by atoms with van der Waals surface area (Å²) in [6.07, 6.45) is -2.15. The normalized spacial score (nSPS) is 11.3. The first-order chi connectivity index (χ1) is 29.9. The van der Waals surface area contributed by atoms with Gasteiger partial charge in [-0.25, -0.2) is 14.4 Å². The highest BCUT2D eigenvalue weighted by molar-refractivity contribution is 6.80. The Kier molecular flexibility index (Phi) is 18.6. The SMILES string of the molecule is CC(C)(C)OC(N)=O.Cc1ccc(CNC(=O)OCC#Cc2cc(C#CCOC(=O)NCc3ccc(C)cc3)cc(C(O[Si](c3ccccc3)c3ccccc3)C(C)(C)C)c2)cc1. The van der Waals surface area contributed by atoms with Crippen molar-refractivity contribution in [3.63, 3.8) is 0 Å². The van der Waals surface area contributed by atoms with Crippen molar-refractivity contribution < 1.29 is 33.0 Å². The number of hydrogen-bond donors (Lipinski definition) is 3. The number of nitrogens with one attached hydrogen (secondary N) is 2. The first-order valence-electron chi connectivity index (χ1n) is 20.6. The molecule has 327 valence electrons. The Hall–Kier alpha value is -6.79. The molecule has 10 nitrogen and oxygen atoms in total. The summed E-state index contributed by atoms with van der Waals surface area (Å²) in [4.78, 5) is 34.8. The summed E-state index contributed by atoms with van der Waals surface area (Å²) < 4.78 is 22.5. The highest BCUT2D eigenvalue weighted by atomic mass is 28.3. The minimum absolute atomic E-state index is 0.0924. The second-order valence-corrected chi connectivity index (χ2v) is 18.8. The van der Waals surface area contributed by atoms with E-state index in [2.05, 4.69) is 84.1 Å². The van der Waals surface area contributed by atoms with E-state index in [1.807, 2.05) is 117 Å². The van der Waals surface area contributed by atoms with Crippen LogP contribution in [0.3, 0.4) is 0 Å². The van der Waals surface area contributed by atoms with Gasteiger partial charge < -0.3 is 35.0 Å². The van der Waals surface area contributed by atoms with E-state index in [9.17, 15) is 14.4 Å². The van der Waals surface area contributed by atoms with Crippen LogP contribution in [0, 0.1) is 42.9 Å². The molecule has 11 heteroatoms. The quantitative estimate of drug-likeness (QED) is 0.0687. The third-order valence-electron chi connectivity index (χ3n) is 8.89. The molecular weight excluding hydrogens is 807 g/mol. The molecule has 0 saturated heterocycles. The van der Waals surface area contributed by atoms with E-state index < -0.39 is 32.9 Å². The average Bonchev–Trinajstić information content (AvgIpc) is 3.23. The van der Waals surface area contributed by atoms with Crippen molar-refractivity contribution in [3.8, 4) is 23.7 Å². The maximum absolute atomic E-state index is 12.4. The van der Waals surface area contributed by atoms with Crippen LogP contribution in [0.1, 0.15) is 86.6 Å². The molecule has 0 aromatic heterocycles. The second-order valence-electron chi connectivity index (χ2n) is 16.7. The highest BCUT2D eigenvalue weighted by Crippen LogP contribution is 2.37. The Morgan fingerprint density at radius 3 is 1.38 bits per heavy atom. The standard InChI is InChI=1S/C47H47N2O5Si.C5H11NO2/c1-35-20-24-37(25-21-35)33-48-45(50)52-28-12-14-39-30-40(15-13-29-53-46(51)49-34-38-26-22-36(2)23-27-38)32-41(31-39)44(47(3,4)5)54-55(42-16-8-6-9-17-42)43-18-10-7-11-19-43;1-5(2,3)8-4(6)7/h6-11,16-27,30-32,44H,28-29,33-34H2,1-5H3,(H,48,50)(H,49,51);1-3H3,(H2,6,7).